The van der Waals surface area contributed by atoms with Crippen molar-refractivity contribution in [2.24, 2.45) is 0 Å². The van der Waals surface area contributed by atoms with E-state index in [-0.39, 0.29) is 30.5 Å². The van der Waals surface area contributed by atoms with Crippen LogP contribution in [0.1, 0.15) is 10.5 Å². The van der Waals surface area contributed by atoms with Gasteiger partial charge in [0.05, 0.1) is 6.54 Å². The fourth-order valence-corrected chi connectivity index (χ4v) is 2.54. The molecule has 0 aliphatic carbocycles. The summed E-state index contributed by atoms with van der Waals surface area (Å²) in [4.78, 5) is 22.9. The van der Waals surface area contributed by atoms with Crippen LogP contribution in [0.15, 0.2) is 53.3 Å². The van der Waals surface area contributed by atoms with Crippen LogP contribution in [0.5, 0.6) is 5.88 Å². The van der Waals surface area contributed by atoms with Crippen molar-refractivity contribution in [2.45, 2.75) is 0 Å². The molecule has 11 heteroatoms. The van der Waals surface area contributed by atoms with Gasteiger partial charge in [0, 0.05) is 17.7 Å². The van der Waals surface area contributed by atoms with Crippen LogP contribution < -0.4 is 15.6 Å². The normalized spacial score (nSPS) is 10.8. The largest absolute Gasteiger partial charge is 0.475 e. The molecule has 3 heterocycles. The van der Waals surface area contributed by atoms with E-state index in [2.05, 4.69) is 30.8 Å². The Morgan fingerprint density at radius 3 is 2.86 bits per heavy atom. The number of nitrogens with zero attached hydrogens (tertiary/aromatic N) is 5. The fourth-order valence-electron chi connectivity index (χ4n) is 2.54. The zero-order valence-corrected chi connectivity index (χ0v) is 14.9. The number of hydrogen-bond acceptors (Lipinski definition) is 7. The zero-order valence-electron chi connectivity index (χ0n) is 14.9. The van der Waals surface area contributed by atoms with Crippen molar-refractivity contribution in [1.82, 2.24) is 35.3 Å². The molecule has 2 N–H and O–H groups in total. The van der Waals surface area contributed by atoms with E-state index < -0.39 is 11.5 Å². The van der Waals surface area contributed by atoms with Crippen LogP contribution in [-0.2, 0) is 0 Å². The Hall–Kier alpha value is -4.15. The van der Waals surface area contributed by atoms with Crippen molar-refractivity contribution >= 4 is 11.6 Å². The van der Waals surface area contributed by atoms with Crippen LogP contribution in [0.2, 0.25) is 0 Å². The molecule has 0 unspecified atom stereocenters. The molecule has 0 bridgehead atoms. The second kappa shape index (κ2) is 7.84. The number of aromatic nitrogens is 6. The van der Waals surface area contributed by atoms with Crippen LogP contribution in [0, 0.1) is 5.82 Å². The van der Waals surface area contributed by atoms with E-state index in [0.717, 1.165) is 0 Å². The highest BCUT2D eigenvalue weighted by molar-refractivity contribution is 5.91. The van der Waals surface area contributed by atoms with Crippen molar-refractivity contribution in [3.63, 3.8) is 0 Å². The molecule has 0 aliphatic heterocycles. The SMILES string of the molecule is O=C(NCCOc1ccc2nnc(-c3cccc(F)c3)n2n1)c1ccc(=O)[nH]n1. The summed E-state index contributed by atoms with van der Waals surface area (Å²) in [6.07, 6.45) is 0. The number of aromatic amines is 1. The fraction of sp³-hybridized carbons (Fsp3) is 0.111. The van der Waals surface area contributed by atoms with E-state index in [1.165, 1.54) is 28.8 Å². The van der Waals surface area contributed by atoms with Gasteiger partial charge in [-0.15, -0.1) is 15.3 Å². The first-order valence-corrected chi connectivity index (χ1v) is 8.55. The van der Waals surface area contributed by atoms with Gasteiger partial charge in [-0.2, -0.15) is 9.61 Å². The molecule has 0 saturated heterocycles. The van der Waals surface area contributed by atoms with Crippen LogP contribution in [-0.4, -0.2) is 49.1 Å². The van der Waals surface area contributed by atoms with Gasteiger partial charge in [0.15, 0.2) is 11.5 Å². The highest BCUT2D eigenvalue weighted by atomic mass is 19.1. The van der Waals surface area contributed by atoms with Crippen LogP contribution in [0.4, 0.5) is 4.39 Å². The molecule has 1 aromatic carbocycles. The van der Waals surface area contributed by atoms with Gasteiger partial charge >= 0.3 is 0 Å². The summed E-state index contributed by atoms with van der Waals surface area (Å²) in [7, 11) is 0. The van der Waals surface area contributed by atoms with Gasteiger partial charge in [0.1, 0.15) is 18.1 Å². The van der Waals surface area contributed by atoms with Gasteiger partial charge in [-0.25, -0.2) is 9.49 Å². The van der Waals surface area contributed by atoms with Crippen LogP contribution >= 0.6 is 0 Å². The van der Waals surface area contributed by atoms with E-state index >= 15 is 0 Å². The predicted octanol–water partition coefficient (Wildman–Crippen LogP) is 0.822. The summed E-state index contributed by atoms with van der Waals surface area (Å²) in [6, 6.07) is 11.8. The molecule has 146 valence electrons. The lowest BCUT2D eigenvalue weighted by molar-refractivity contribution is 0.0940. The van der Waals surface area contributed by atoms with E-state index in [1.807, 2.05) is 0 Å². The summed E-state index contributed by atoms with van der Waals surface area (Å²) >= 11 is 0. The molecule has 3 aromatic heterocycles. The maximum Gasteiger partial charge on any atom is 0.271 e. The molecular formula is C18H14FN7O3. The average molecular weight is 395 g/mol. The van der Waals surface area contributed by atoms with Crippen molar-refractivity contribution in [1.29, 1.82) is 0 Å². The first kappa shape index (κ1) is 18.2. The second-order valence-electron chi connectivity index (χ2n) is 5.89. The van der Waals surface area contributed by atoms with Crippen LogP contribution in [0.3, 0.4) is 0 Å². The summed E-state index contributed by atoms with van der Waals surface area (Å²) in [5, 5.41) is 20.8. The van der Waals surface area contributed by atoms with Crippen LogP contribution in [0.25, 0.3) is 17.0 Å². The summed E-state index contributed by atoms with van der Waals surface area (Å²) in [6.45, 7) is 0.337. The number of ether oxygens (including phenoxy) is 1. The molecule has 0 fully saturated rings. The first-order valence-electron chi connectivity index (χ1n) is 8.55. The van der Waals surface area contributed by atoms with Crippen molar-refractivity contribution in [3.05, 3.63) is 70.4 Å². The maximum atomic E-state index is 13.5. The van der Waals surface area contributed by atoms with E-state index in [4.69, 9.17) is 4.74 Å². The molecule has 4 aromatic rings. The summed E-state index contributed by atoms with van der Waals surface area (Å²) in [5.41, 5.74) is 0.711. The lowest BCUT2D eigenvalue weighted by atomic mass is 10.2. The summed E-state index contributed by atoms with van der Waals surface area (Å²) < 4.78 is 20.5. The Labute approximate surface area is 162 Å². The van der Waals surface area contributed by atoms with Gasteiger partial charge in [0.2, 0.25) is 5.88 Å². The zero-order chi connectivity index (χ0) is 20.2. The number of nitrogens with one attached hydrogen (secondary N) is 2. The lowest BCUT2D eigenvalue weighted by Crippen LogP contribution is -2.29. The third kappa shape index (κ3) is 4.08. The number of H-pyrrole nitrogens is 1. The highest BCUT2D eigenvalue weighted by Gasteiger charge is 2.11. The van der Waals surface area contributed by atoms with Gasteiger partial charge in [0.25, 0.3) is 11.5 Å². The van der Waals surface area contributed by atoms with E-state index in [9.17, 15) is 14.0 Å². The standard InChI is InChI=1S/C18H14FN7O3/c19-12-3-1-2-11(10-12)17-24-22-14-5-7-16(25-26(14)17)29-9-8-20-18(28)13-4-6-15(27)23-21-13/h1-7,10H,8-9H2,(H,20,28)(H,23,27). The Morgan fingerprint density at radius 1 is 1.17 bits per heavy atom. The monoisotopic (exact) mass is 395 g/mol. The number of halogens is 1. The number of hydrogen-bond donors (Lipinski definition) is 2. The maximum absolute atomic E-state index is 13.5. The predicted molar refractivity (Wildman–Crippen MR) is 98.9 cm³/mol. The number of fused-ring (bicyclic) bond motifs is 1. The average Bonchev–Trinajstić information content (AvgIpc) is 3.15. The lowest BCUT2D eigenvalue weighted by Gasteiger charge is -2.07. The third-order valence-corrected chi connectivity index (χ3v) is 3.87. The second-order valence-corrected chi connectivity index (χ2v) is 5.89. The van der Waals surface area contributed by atoms with Crippen molar-refractivity contribution < 1.29 is 13.9 Å². The molecule has 1 amide bonds. The molecule has 29 heavy (non-hydrogen) atoms. The molecule has 0 saturated carbocycles. The summed E-state index contributed by atoms with van der Waals surface area (Å²) in [5.74, 6) is -0.173. The molecule has 0 spiro atoms. The molecular weight excluding hydrogens is 381 g/mol. The van der Waals surface area contributed by atoms with Gasteiger partial charge in [-0.1, -0.05) is 12.1 Å². The molecule has 10 nitrogen and oxygen atoms in total. The molecule has 0 radical (unpaired) electrons. The highest BCUT2D eigenvalue weighted by Crippen LogP contribution is 2.19. The van der Waals surface area contributed by atoms with Gasteiger partial charge < -0.3 is 10.1 Å². The number of carbonyl (C=O) groups excluding carboxylic acids is 1. The Kier molecular flexibility index (Phi) is 4.93. The third-order valence-electron chi connectivity index (χ3n) is 3.87. The molecule has 4 rings (SSSR count). The Morgan fingerprint density at radius 2 is 2.07 bits per heavy atom. The molecule has 0 aliphatic rings. The smallest absolute Gasteiger partial charge is 0.271 e. The van der Waals surface area contributed by atoms with Gasteiger partial charge in [-0.3, -0.25) is 9.59 Å². The van der Waals surface area contributed by atoms with E-state index in [0.29, 0.717) is 17.0 Å². The van der Waals surface area contributed by atoms with E-state index in [1.54, 1.807) is 24.3 Å². The quantitative estimate of drug-likeness (QED) is 0.463. The van der Waals surface area contributed by atoms with Crippen molar-refractivity contribution in [3.8, 4) is 17.3 Å². The van der Waals surface area contributed by atoms with Gasteiger partial charge in [-0.05, 0) is 24.3 Å². The topological polar surface area (TPSA) is 127 Å². The number of carbonyl (C=O) groups is 1. The number of amides is 1. The minimum Gasteiger partial charge on any atom is -0.475 e. The number of rotatable bonds is 6. The molecule has 0 atom stereocenters. The minimum absolute atomic E-state index is 0.0911. The first-order chi connectivity index (χ1) is 14.1. The Bertz CT molecular complexity index is 1220. The number of benzene rings is 1. The Balaban J connectivity index is 1.41. The van der Waals surface area contributed by atoms with Crippen molar-refractivity contribution in [2.75, 3.05) is 13.2 Å². The minimum atomic E-state index is -0.444.